The molecule has 2 aromatic carbocycles. The molecule has 7 nitrogen and oxygen atoms in total. The van der Waals surface area contributed by atoms with Crippen LogP contribution < -0.4 is 19.7 Å². The molecule has 1 aliphatic heterocycles. The van der Waals surface area contributed by atoms with Gasteiger partial charge in [0, 0.05) is 24.5 Å². The smallest absolute Gasteiger partial charge is 0.337 e. The lowest BCUT2D eigenvalue weighted by Crippen LogP contribution is -2.24. The monoisotopic (exact) mass is 412 g/mol. The SMILES string of the molecule is COC(=O)c1ccc(OCC(=O)Nc2ccc(N3CCCCCC3)cc2)c(OC)c1. The molecule has 1 N–H and O–H groups in total. The van der Waals surface area contributed by atoms with Gasteiger partial charge in [-0.1, -0.05) is 12.8 Å². The molecule has 1 fully saturated rings. The molecule has 7 heteroatoms. The Morgan fingerprint density at radius 3 is 2.27 bits per heavy atom. The van der Waals surface area contributed by atoms with Gasteiger partial charge in [0.2, 0.25) is 0 Å². The predicted octanol–water partition coefficient (Wildman–Crippen LogP) is 3.88. The van der Waals surface area contributed by atoms with Crippen molar-refractivity contribution in [1.82, 2.24) is 0 Å². The van der Waals surface area contributed by atoms with Gasteiger partial charge in [-0.2, -0.15) is 0 Å². The van der Waals surface area contributed by atoms with Crippen molar-refractivity contribution in [2.24, 2.45) is 0 Å². The first-order chi connectivity index (χ1) is 14.6. The van der Waals surface area contributed by atoms with Crippen molar-refractivity contribution in [3.05, 3.63) is 48.0 Å². The number of nitrogens with one attached hydrogen (secondary N) is 1. The Hall–Kier alpha value is -3.22. The van der Waals surface area contributed by atoms with Gasteiger partial charge in [-0.25, -0.2) is 4.79 Å². The van der Waals surface area contributed by atoms with Crippen molar-refractivity contribution in [3.63, 3.8) is 0 Å². The molecule has 1 aliphatic rings. The van der Waals surface area contributed by atoms with E-state index in [4.69, 9.17) is 14.2 Å². The van der Waals surface area contributed by atoms with Crippen molar-refractivity contribution in [1.29, 1.82) is 0 Å². The van der Waals surface area contributed by atoms with Crippen LogP contribution in [0.3, 0.4) is 0 Å². The molecule has 0 spiro atoms. The van der Waals surface area contributed by atoms with E-state index >= 15 is 0 Å². The maximum absolute atomic E-state index is 12.3. The molecule has 1 heterocycles. The topological polar surface area (TPSA) is 77.1 Å². The highest BCUT2D eigenvalue weighted by Gasteiger charge is 2.13. The van der Waals surface area contributed by atoms with Gasteiger partial charge in [0.05, 0.1) is 19.8 Å². The number of methoxy groups -OCH3 is 2. The van der Waals surface area contributed by atoms with E-state index in [1.165, 1.54) is 51.7 Å². The number of amides is 1. The molecule has 30 heavy (non-hydrogen) atoms. The van der Waals surface area contributed by atoms with Gasteiger partial charge in [0.25, 0.3) is 5.91 Å². The van der Waals surface area contributed by atoms with Crippen molar-refractivity contribution in [2.75, 3.05) is 44.1 Å². The van der Waals surface area contributed by atoms with E-state index in [2.05, 4.69) is 10.2 Å². The Bertz CT molecular complexity index is 858. The zero-order valence-corrected chi connectivity index (χ0v) is 17.5. The largest absolute Gasteiger partial charge is 0.493 e. The number of hydrogen-bond donors (Lipinski definition) is 1. The van der Waals surface area contributed by atoms with Crippen molar-refractivity contribution in [2.45, 2.75) is 25.7 Å². The first kappa shape index (κ1) is 21.5. The molecule has 0 saturated carbocycles. The number of rotatable bonds is 7. The third kappa shape index (κ3) is 5.65. The van der Waals surface area contributed by atoms with Crippen LogP contribution in [0.1, 0.15) is 36.0 Å². The number of esters is 1. The number of carbonyl (C=O) groups is 2. The van der Waals surface area contributed by atoms with Crippen LogP contribution in [0.15, 0.2) is 42.5 Å². The van der Waals surface area contributed by atoms with Crippen molar-refractivity contribution >= 4 is 23.3 Å². The summed E-state index contributed by atoms with van der Waals surface area (Å²) in [4.78, 5) is 26.3. The lowest BCUT2D eigenvalue weighted by molar-refractivity contribution is -0.118. The Morgan fingerprint density at radius 2 is 1.63 bits per heavy atom. The second kappa shape index (κ2) is 10.5. The summed E-state index contributed by atoms with van der Waals surface area (Å²) in [5, 5.41) is 2.83. The average Bonchev–Trinajstić information content (AvgIpc) is 3.07. The highest BCUT2D eigenvalue weighted by atomic mass is 16.5. The first-order valence-electron chi connectivity index (χ1n) is 10.1. The molecular weight excluding hydrogens is 384 g/mol. The minimum atomic E-state index is -0.471. The van der Waals surface area contributed by atoms with Gasteiger partial charge >= 0.3 is 5.97 Å². The van der Waals surface area contributed by atoms with Gasteiger partial charge < -0.3 is 24.4 Å². The van der Waals surface area contributed by atoms with Crippen molar-refractivity contribution in [3.8, 4) is 11.5 Å². The Kier molecular flexibility index (Phi) is 7.54. The minimum Gasteiger partial charge on any atom is -0.493 e. The zero-order valence-electron chi connectivity index (χ0n) is 17.5. The zero-order chi connectivity index (χ0) is 21.3. The summed E-state index contributed by atoms with van der Waals surface area (Å²) in [6, 6.07) is 12.5. The molecule has 0 unspecified atom stereocenters. The number of anilines is 2. The average molecular weight is 412 g/mol. The third-order valence-corrected chi connectivity index (χ3v) is 5.07. The van der Waals surface area contributed by atoms with Crippen LogP contribution in [-0.4, -0.2) is 45.8 Å². The number of benzene rings is 2. The molecule has 1 saturated heterocycles. The van der Waals surface area contributed by atoms with Gasteiger partial charge in [-0.3, -0.25) is 4.79 Å². The van der Waals surface area contributed by atoms with Crippen molar-refractivity contribution < 1.29 is 23.8 Å². The van der Waals surface area contributed by atoms with Crippen LogP contribution in [0.25, 0.3) is 0 Å². The first-order valence-corrected chi connectivity index (χ1v) is 10.1. The van der Waals surface area contributed by atoms with Crippen LogP contribution in [0.2, 0.25) is 0 Å². The highest BCUT2D eigenvalue weighted by molar-refractivity contribution is 5.92. The molecule has 2 aromatic rings. The lowest BCUT2D eigenvalue weighted by atomic mass is 10.2. The summed E-state index contributed by atoms with van der Waals surface area (Å²) in [7, 11) is 2.78. The number of carbonyl (C=O) groups excluding carboxylic acids is 2. The fraction of sp³-hybridized carbons (Fsp3) is 0.391. The predicted molar refractivity (Wildman–Crippen MR) is 116 cm³/mol. The second-order valence-corrected chi connectivity index (χ2v) is 7.14. The van der Waals surface area contributed by atoms with Crippen LogP contribution in [0.4, 0.5) is 11.4 Å². The van der Waals surface area contributed by atoms with Gasteiger partial charge in [-0.15, -0.1) is 0 Å². The summed E-state index contributed by atoms with van der Waals surface area (Å²) >= 11 is 0. The highest BCUT2D eigenvalue weighted by Crippen LogP contribution is 2.28. The molecule has 0 atom stereocenters. The molecule has 0 aromatic heterocycles. The summed E-state index contributed by atoms with van der Waals surface area (Å²) in [6.07, 6.45) is 5.03. The van der Waals surface area contributed by atoms with Crippen LogP contribution >= 0.6 is 0 Å². The van der Waals surface area contributed by atoms with E-state index in [1.54, 1.807) is 12.1 Å². The summed E-state index contributed by atoms with van der Waals surface area (Å²) in [6.45, 7) is 1.98. The van der Waals surface area contributed by atoms with Gasteiger partial charge in [0.15, 0.2) is 18.1 Å². The quantitative estimate of drug-likeness (QED) is 0.696. The van der Waals surface area contributed by atoms with E-state index < -0.39 is 5.97 Å². The maximum Gasteiger partial charge on any atom is 0.337 e. The number of hydrogen-bond acceptors (Lipinski definition) is 6. The second-order valence-electron chi connectivity index (χ2n) is 7.14. The van der Waals surface area contributed by atoms with E-state index in [0.717, 1.165) is 18.8 Å². The third-order valence-electron chi connectivity index (χ3n) is 5.07. The summed E-state index contributed by atoms with van der Waals surface area (Å²) in [5.41, 5.74) is 2.24. The fourth-order valence-corrected chi connectivity index (χ4v) is 3.46. The van der Waals surface area contributed by atoms with Gasteiger partial charge in [0.1, 0.15) is 0 Å². The van der Waals surface area contributed by atoms with E-state index in [9.17, 15) is 9.59 Å². The molecule has 0 bridgehead atoms. The maximum atomic E-state index is 12.3. The summed E-state index contributed by atoms with van der Waals surface area (Å²) < 4.78 is 15.5. The Morgan fingerprint density at radius 1 is 0.933 bits per heavy atom. The summed E-state index contributed by atoms with van der Waals surface area (Å²) in [5.74, 6) is -0.0258. The van der Waals surface area contributed by atoms with E-state index in [1.807, 2.05) is 24.3 Å². The molecule has 0 radical (unpaired) electrons. The van der Waals surface area contributed by atoms with Gasteiger partial charge in [-0.05, 0) is 55.3 Å². The fourth-order valence-electron chi connectivity index (χ4n) is 3.46. The number of ether oxygens (including phenoxy) is 3. The molecular formula is C23H28N2O5. The molecule has 160 valence electrons. The molecule has 3 rings (SSSR count). The van der Waals surface area contributed by atoms with E-state index in [-0.39, 0.29) is 12.5 Å². The van der Waals surface area contributed by atoms with Crippen LogP contribution in [0.5, 0.6) is 11.5 Å². The molecule has 0 aliphatic carbocycles. The number of nitrogens with zero attached hydrogens (tertiary/aromatic N) is 1. The Labute approximate surface area is 176 Å². The van der Waals surface area contributed by atoms with E-state index in [0.29, 0.717) is 17.1 Å². The molecule has 1 amide bonds. The van der Waals surface area contributed by atoms with Crippen LogP contribution in [0, 0.1) is 0 Å². The lowest BCUT2D eigenvalue weighted by Gasteiger charge is -2.22. The van der Waals surface area contributed by atoms with Crippen LogP contribution in [-0.2, 0) is 9.53 Å². The Balaban J connectivity index is 1.55. The standard InChI is InChI=1S/C23H28N2O5/c1-28-21-15-17(23(27)29-2)7-12-20(21)30-16-22(26)24-18-8-10-19(11-9-18)25-13-5-3-4-6-14-25/h7-12,15H,3-6,13-14,16H2,1-2H3,(H,24,26). The normalized spacial score (nSPS) is 13.9. The minimum absolute atomic E-state index is 0.179.